The maximum Gasteiger partial charge on any atom is 0.410 e. The molecule has 3 heterocycles. The summed E-state index contributed by atoms with van der Waals surface area (Å²) < 4.78 is 57.1. The summed E-state index contributed by atoms with van der Waals surface area (Å²) in [5, 5.41) is 3.40. The number of benzene rings is 2. The van der Waals surface area contributed by atoms with E-state index in [0.717, 1.165) is 12.8 Å². The van der Waals surface area contributed by atoms with E-state index in [1.807, 2.05) is 6.07 Å². The van der Waals surface area contributed by atoms with Gasteiger partial charge in [0, 0.05) is 18.7 Å². The summed E-state index contributed by atoms with van der Waals surface area (Å²) in [5.74, 6) is -0.131. The summed E-state index contributed by atoms with van der Waals surface area (Å²) in [6.07, 6.45) is 0.143. The fourth-order valence-electron chi connectivity index (χ4n) is 5.11. The number of nitrogens with one attached hydrogen (secondary N) is 1. The van der Waals surface area contributed by atoms with E-state index >= 15 is 0 Å². The van der Waals surface area contributed by atoms with Gasteiger partial charge in [0.15, 0.2) is 0 Å². The molecule has 2 aliphatic heterocycles. The number of urea groups is 1. The average Bonchev–Trinajstić information content (AvgIpc) is 3.37. The van der Waals surface area contributed by atoms with Crippen LogP contribution in [-0.4, -0.2) is 69.7 Å². The van der Waals surface area contributed by atoms with Gasteiger partial charge in [-0.1, -0.05) is 12.1 Å². The Morgan fingerprint density at radius 1 is 1.12 bits per heavy atom. The van der Waals surface area contributed by atoms with Crippen LogP contribution in [0, 0.1) is 12.7 Å². The lowest BCUT2D eigenvalue weighted by atomic mass is 9.80. The predicted molar refractivity (Wildman–Crippen MR) is 144 cm³/mol. The molecule has 3 amide bonds. The van der Waals surface area contributed by atoms with E-state index < -0.39 is 24.0 Å². The molecule has 3 aliphatic rings. The van der Waals surface area contributed by atoms with Crippen LogP contribution in [0.5, 0.6) is 5.75 Å². The van der Waals surface area contributed by atoms with Crippen LogP contribution in [-0.2, 0) is 10.2 Å². The van der Waals surface area contributed by atoms with E-state index in [9.17, 15) is 22.8 Å². The SMILES string of the molecule is Cc1ccc([C@@]2(c3ncns3)CCN(C(=O)Nc3cc(C(F)F)ccc3OC3CN(C(=O)OC4CC4)C3)C2)cc1F. The Labute approximate surface area is 238 Å². The zero-order valence-corrected chi connectivity index (χ0v) is 23.0. The third kappa shape index (κ3) is 5.54. The summed E-state index contributed by atoms with van der Waals surface area (Å²) in [6.45, 7) is 2.78. The Morgan fingerprint density at radius 2 is 1.93 bits per heavy atom. The van der Waals surface area contributed by atoms with Gasteiger partial charge in [-0.25, -0.2) is 27.7 Å². The summed E-state index contributed by atoms with van der Waals surface area (Å²) in [4.78, 5) is 33.0. The first-order valence-electron chi connectivity index (χ1n) is 13.4. The molecule has 6 rings (SSSR count). The Kier molecular flexibility index (Phi) is 7.22. The van der Waals surface area contributed by atoms with Gasteiger partial charge in [0.25, 0.3) is 6.43 Å². The number of carbonyl (C=O) groups excluding carboxylic acids is 2. The minimum atomic E-state index is -2.75. The number of alkyl halides is 2. The second kappa shape index (κ2) is 10.8. The first kappa shape index (κ1) is 27.3. The van der Waals surface area contributed by atoms with Crippen molar-refractivity contribution in [3.63, 3.8) is 0 Å². The van der Waals surface area contributed by atoms with Gasteiger partial charge in [-0.3, -0.25) is 0 Å². The number of rotatable bonds is 7. The molecule has 1 saturated carbocycles. The molecule has 3 fully saturated rings. The van der Waals surface area contributed by atoms with Crippen LogP contribution < -0.4 is 10.1 Å². The highest BCUT2D eigenvalue weighted by Crippen LogP contribution is 2.42. The zero-order valence-electron chi connectivity index (χ0n) is 22.2. The minimum Gasteiger partial charge on any atom is -0.485 e. The molecule has 3 aromatic rings. The first-order valence-corrected chi connectivity index (χ1v) is 14.1. The van der Waals surface area contributed by atoms with Gasteiger partial charge in [0.2, 0.25) is 0 Å². The number of halogens is 3. The molecular formula is C28H28F3N5O4S. The van der Waals surface area contributed by atoms with Gasteiger partial charge in [-0.05, 0) is 73.1 Å². The average molecular weight is 588 g/mol. The second-order valence-corrected chi connectivity index (χ2v) is 11.5. The van der Waals surface area contributed by atoms with Crippen LogP contribution in [0.1, 0.15) is 47.4 Å². The summed E-state index contributed by atoms with van der Waals surface area (Å²) in [5.41, 5.74) is 0.264. The largest absolute Gasteiger partial charge is 0.485 e. The predicted octanol–water partition coefficient (Wildman–Crippen LogP) is 5.51. The van der Waals surface area contributed by atoms with Crippen molar-refractivity contribution in [2.75, 3.05) is 31.5 Å². The van der Waals surface area contributed by atoms with Crippen molar-refractivity contribution in [3.05, 3.63) is 70.2 Å². The Bertz CT molecular complexity index is 1450. The number of nitrogens with zero attached hydrogens (tertiary/aromatic N) is 4. The van der Waals surface area contributed by atoms with Crippen LogP contribution in [0.3, 0.4) is 0 Å². The van der Waals surface area contributed by atoms with E-state index in [0.29, 0.717) is 42.2 Å². The number of hydrogen-bond donors (Lipinski definition) is 1. The number of anilines is 1. The second-order valence-electron chi connectivity index (χ2n) is 10.7. The Balaban J connectivity index is 1.18. The normalized spacial score (nSPS) is 20.7. The molecule has 41 heavy (non-hydrogen) atoms. The third-order valence-corrected chi connectivity index (χ3v) is 8.61. The van der Waals surface area contributed by atoms with Crippen molar-refractivity contribution in [1.29, 1.82) is 0 Å². The highest BCUT2D eigenvalue weighted by atomic mass is 32.1. The van der Waals surface area contributed by atoms with E-state index in [-0.39, 0.29) is 41.6 Å². The van der Waals surface area contributed by atoms with E-state index in [1.54, 1.807) is 17.9 Å². The van der Waals surface area contributed by atoms with E-state index in [4.69, 9.17) is 9.47 Å². The highest BCUT2D eigenvalue weighted by molar-refractivity contribution is 7.05. The number of likely N-dealkylation sites (tertiary alicyclic amines) is 2. The van der Waals surface area contributed by atoms with Crippen LogP contribution in [0.15, 0.2) is 42.7 Å². The molecule has 9 nitrogen and oxygen atoms in total. The van der Waals surface area contributed by atoms with Gasteiger partial charge >= 0.3 is 12.1 Å². The van der Waals surface area contributed by atoms with Gasteiger partial charge in [0.05, 0.1) is 24.2 Å². The first-order chi connectivity index (χ1) is 19.7. The lowest BCUT2D eigenvalue weighted by Crippen LogP contribution is -2.56. The molecule has 0 radical (unpaired) electrons. The molecule has 1 N–H and O–H groups in total. The fourth-order valence-corrected chi connectivity index (χ4v) is 5.86. The molecule has 0 bridgehead atoms. The molecule has 2 aromatic carbocycles. The van der Waals surface area contributed by atoms with E-state index in [1.165, 1.54) is 47.0 Å². The molecule has 1 aliphatic carbocycles. The number of aromatic nitrogens is 2. The van der Waals surface area contributed by atoms with Crippen molar-refractivity contribution >= 4 is 29.3 Å². The van der Waals surface area contributed by atoms with Crippen LogP contribution in [0.25, 0.3) is 0 Å². The number of hydrogen-bond acceptors (Lipinski definition) is 7. The molecule has 2 saturated heterocycles. The lowest BCUT2D eigenvalue weighted by Gasteiger charge is -2.38. The van der Waals surface area contributed by atoms with Crippen LogP contribution >= 0.6 is 11.5 Å². The van der Waals surface area contributed by atoms with Gasteiger partial charge in [-0.2, -0.15) is 4.37 Å². The Hall–Kier alpha value is -3.87. The molecule has 1 atom stereocenters. The molecule has 216 valence electrons. The summed E-state index contributed by atoms with van der Waals surface area (Å²) >= 11 is 1.19. The maximum absolute atomic E-state index is 14.6. The van der Waals surface area contributed by atoms with Crippen molar-refractivity contribution in [1.82, 2.24) is 19.2 Å². The van der Waals surface area contributed by atoms with Crippen molar-refractivity contribution in [2.24, 2.45) is 0 Å². The smallest absolute Gasteiger partial charge is 0.410 e. The Morgan fingerprint density at radius 3 is 2.61 bits per heavy atom. The number of ether oxygens (including phenoxy) is 2. The maximum atomic E-state index is 14.6. The summed E-state index contributed by atoms with van der Waals surface area (Å²) in [7, 11) is 0. The van der Waals surface area contributed by atoms with Crippen molar-refractivity contribution in [2.45, 2.75) is 50.2 Å². The van der Waals surface area contributed by atoms with Gasteiger partial charge < -0.3 is 24.6 Å². The number of carbonyl (C=O) groups is 2. The van der Waals surface area contributed by atoms with Crippen molar-refractivity contribution in [3.8, 4) is 5.75 Å². The van der Waals surface area contributed by atoms with E-state index in [2.05, 4.69) is 14.7 Å². The number of aryl methyl sites for hydroxylation is 1. The van der Waals surface area contributed by atoms with Crippen molar-refractivity contribution < 1.29 is 32.2 Å². The fraction of sp³-hybridized carbons (Fsp3) is 0.429. The molecular weight excluding hydrogens is 559 g/mol. The quantitative estimate of drug-likeness (QED) is 0.392. The highest BCUT2D eigenvalue weighted by Gasteiger charge is 2.46. The monoisotopic (exact) mass is 587 g/mol. The molecule has 0 spiro atoms. The third-order valence-electron chi connectivity index (χ3n) is 7.74. The topological polar surface area (TPSA) is 96.9 Å². The number of amides is 3. The van der Waals surface area contributed by atoms with Gasteiger partial charge in [0.1, 0.15) is 35.1 Å². The molecule has 1 aromatic heterocycles. The van der Waals surface area contributed by atoms with Crippen LogP contribution in [0.2, 0.25) is 0 Å². The zero-order chi connectivity index (χ0) is 28.7. The van der Waals surface area contributed by atoms with Crippen LogP contribution in [0.4, 0.5) is 28.4 Å². The minimum absolute atomic E-state index is 0.00705. The van der Waals surface area contributed by atoms with Gasteiger partial charge in [-0.15, -0.1) is 0 Å². The molecule has 0 unspecified atom stereocenters. The lowest BCUT2D eigenvalue weighted by molar-refractivity contribution is 0.00891. The standard InChI is InChI=1S/C28H28F3N5O4S/c1-16-2-4-18(11-21(16)29)28(25-32-15-33-41-25)8-9-35(14-28)26(37)34-22-10-17(24(30)31)3-7-23(22)39-20-12-36(13-20)27(38)40-19-5-6-19/h2-4,7,10-11,15,19-20,24H,5-6,8-9,12-14H2,1H3,(H,34,37)/t28-/m1/s1. The molecule has 13 heteroatoms. The summed E-state index contributed by atoms with van der Waals surface area (Å²) in [6, 6.07) is 8.33.